The summed E-state index contributed by atoms with van der Waals surface area (Å²) >= 11 is 0. The predicted molar refractivity (Wildman–Crippen MR) is 63.9 cm³/mol. The van der Waals surface area contributed by atoms with Crippen LogP contribution in [0.1, 0.15) is 25.3 Å². The van der Waals surface area contributed by atoms with Crippen molar-refractivity contribution < 1.29 is 9.90 Å². The number of nitrogens with one attached hydrogen (secondary N) is 1. The Hall–Kier alpha value is -1.39. The van der Waals surface area contributed by atoms with Crippen LogP contribution in [0.3, 0.4) is 0 Å². The maximum Gasteiger partial charge on any atom is 0.224 e. The molecule has 0 spiro atoms. The monoisotopic (exact) mass is 222 g/mol. The molecular formula is C12H18N2O2. The minimum Gasteiger partial charge on any atom is -0.392 e. The molecule has 4 N–H and O–H groups in total. The lowest BCUT2D eigenvalue weighted by molar-refractivity contribution is -0.116. The number of nitrogens with two attached hydrogens (primary N) is 1. The summed E-state index contributed by atoms with van der Waals surface area (Å²) in [6.45, 7) is 1.89. The van der Waals surface area contributed by atoms with Crippen molar-refractivity contribution in [3.8, 4) is 0 Å². The molecule has 1 aromatic rings. The number of amides is 1. The van der Waals surface area contributed by atoms with E-state index in [1.807, 2.05) is 6.92 Å². The molecule has 0 aromatic heterocycles. The molecule has 0 fully saturated rings. The van der Waals surface area contributed by atoms with E-state index in [9.17, 15) is 4.79 Å². The Kier molecular flexibility index (Phi) is 4.95. The number of aliphatic hydroxyl groups is 1. The SMILES string of the molecule is CC(N)CCC(=O)Nc1ccc(CO)cc1. The first-order chi connectivity index (χ1) is 7.61. The minimum atomic E-state index is -0.0333. The number of carbonyl (C=O) groups is 1. The van der Waals surface area contributed by atoms with Crippen LogP contribution < -0.4 is 11.1 Å². The first-order valence-corrected chi connectivity index (χ1v) is 5.37. The van der Waals surface area contributed by atoms with Gasteiger partial charge in [-0.15, -0.1) is 0 Å². The van der Waals surface area contributed by atoms with Gasteiger partial charge in [-0.3, -0.25) is 4.79 Å². The fourth-order valence-corrected chi connectivity index (χ4v) is 1.28. The van der Waals surface area contributed by atoms with Crippen LogP contribution in [-0.2, 0) is 11.4 Å². The summed E-state index contributed by atoms with van der Waals surface area (Å²) in [5.74, 6) is -0.0333. The number of rotatable bonds is 5. The fourth-order valence-electron chi connectivity index (χ4n) is 1.28. The zero-order chi connectivity index (χ0) is 12.0. The lowest BCUT2D eigenvalue weighted by Crippen LogP contribution is -2.19. The van der Waals surface area contributed by atoms with Gasteiger partial charge in [0.15, 0.2) is 0 Å². The Morgan fingerprint density at radius 2 is 2.06 bits per heavy atom. The van der Waals surface area contributed by atoms with E-state index in [1.165, 1.54) is 0 Å². The molecule has 1 unspecified atom stereocenters. The van der Waals surface area contributed by atoms with Gasteiger partial charge < -0.3 is 16.2 Å². The Balaban J connectivity index is 2.43. The molecule has 0 radical (unpaired) electrons. The molecule has 4 nitrogen and oxygen atoms in total. The highest BCUT2D eigenvalue weighted by atomic mass is 16.3. The molecule has 1 amide bonds. The van der Waals surface area contributed by atoms with Gasteiger partial charge in [-0.05, 0) is 31.0 Å². The topological polar surface area (TPSA) is 75.4 Å². The van der Waals surface area contributed by atoms with Gasteiger partial charge in [0.05, 0.1) is 6.61 Å². The summed E-state index contributed by atoms with van der Waals surface area (Å²) in [7, 11) is 0. The minimum absolute atomic E-state index is 0.0128. The van der Waals surface area contributed by atoms with Crippen molar-refractivity contribution in [1.29, 1.82) is 0 Å². The number of hydrogen-bond donors (Lipinski definition) is 3. The quantitative estimate of drug-likeness (QED) is 0.701. The maximum atomic E-state index is 11.5. The summed E-state index contributed by atoms with van der Waals surface area (Å²) in [4.78, 5) is 11.5. The number of hydrogen-bond acceptors (Lipinski definition) is 3. The summed E-state index contributed by atoms with van der Waals surface area (Å²) < 4.78 is 0. The Morgan fingerprint density at radius 1 is 1.44 bits per heavy atom. The van der Waals surface area contributed by atoms with Gasteiger partial charge in [-0.25, -0.2) is 0 Å². The molecular weight excluding hydrogens is 204 g/mol. The third kappa shape index (κ3) is 4.42. The van der Waals surface area contributed by atoms with Gasteiger partial charge in [0, 0.05) is 18.2 Å². The predicted octanol–water partition coefficient (Wildman–Crippen LogP) is 1.24. The van der Waals surface area contributed by atoms with E-state index < -0.39 is 0 Å². The molecule has 1 atom stereocenters. The van der Waals surface area contributed by atoms with Crippen molar-refractivity contribution in [2.75, 3.05) is 5.32 Å². The highest BCUT2D eigenvalue weighted by Crippen LogP contribution is 2.10. The van der Waals surface area contributed by atoms with E-state index in [0.29, 0.717) is 12.8 Å². The summed E-state index contributed by atoms with van der Waals surface area (Å²) in [6, 6.07) is 7.15. The second-order valence-corrected chi connectivity index (χ2v) is 3.92. The Morgan fingerprint density at radius 3 is 2.56 bits per heavy atom. The maximum absolute atomic E-state index is 11.5. The Bertz CT molecular complexity index is 333. The van der Waals surface area contributed by atoms with Crippen molar-refractivity contribution >= 4 is 11.6 Å². The molecule has 4 heteroatoms. The van der Waals surface area contributed by atoms with Crippen molar-refractivity contribution in [2.24, 2.45) is 5.73 Å². The molecule has 0 saturated carbocycles. The van der Waals surface area contributed by atoms with E-state index in [-0.39, 0.29) is 18.6 Å². The van der Waals surface area contributed by atoms with Crippen molar-refractivity contribution in [1.82, 2.24) is 0 Å². The normalized spacial score (nSPS) is 12.2. The second kappa shape index (κ2) is 6.25. The number of benzene rings is 1. The lowest BCUT2D eigenvalue weighted by atomic mass is 10.2. The first kappa shape index (κ1) is 12.7. The van der Waals surface area contributed by atoms with E-state index >= 15 is 0 Å². The number of anilines is 1. The fraction of sp³-hybridized carbons (Fsp3) is 0.417. The molecule has 0 aliphatic carbocycles. The van der Waals surface area contributed by atoms with Crippen LogP contribution in [0.4, 0.5) is 5.69 Å². The smallest absolute Gasteiger partial charge is 0.224 e. The molecule has 1 aromatic carbocycles. The molecule has 0 heterocycles. The molecule has 0 aliphatic heterocycles. The van der Waals surface area contributed by atoms with Gasteiger partial charge >= 0.3 is 0 Å². The average molecular weight is 222 g/mol. The van der Waals surface area contributed by atoms with Crippen molar-refractivity contribution in [2.45, 2.75) is 32.4 Å². The van der Waals surface area contributed by atoms with Gasteiger partial charge in [-0.1, -0.05) is 12.1 Å². The van der Waals surface area contributed by atoms with Crippen LogP contribution in [0, 0.1) is 0 Å². The zero-order valence-electron chi connectivity index (χ0n) is 9.44. The largest absolute Gasteiger partial charge is 0.392 e. The van der Waals surface area contributed by atoms with Gasteiger partial charge in [0.25, 0.3) is 0 Å². The average Bonchev–Trinajstić information content (AvgIpc) is 2.27. The summed E-state index contributed by atoms with van der Waals surface area (Å²) in [6.07, 6.45) is 1.11. The summed E-state index contributed by atoms with van der Waals surface area (Å²) in [5, 5.41) is 11.6. The second-order valence-electron chi connectivity index (χ2n) is 3.92. The Labute approximate surface area is 95.5 Å². The van der Waals surface area contributed by atoms with Crippen LogP contribution in [0.25, 0.3) is 0 Å². The molecule has 16 heavy (non-hydrogen) atoms. The third-order valence-electron chi connectivity index (χ3n) is 2.25. The van der Waals surface area contributed by atoms with Crippen LogP contribution in [0.15, 0.2) is 24.3 Å². The van der Waals surface area contributed by atoms with E-state index in [4.69, 9.17) is 10.8 Å². The zero-order valence-corrected chi connectivity index (χ0v) is 9.44. The molecule has 0 saturated heterocycles. The number of carbonyl (C=O) groups excluding carboxylic acids is 1. The van der Waals surface area contributed by atoms with E-state index in [0.717, 1.165) is 11.3 Å². The van der Waals surface area contributed by atoms with Gasteiger partial charge in [0.2, 0.25) is 5.91 Å². The highest BCUT2D eigenvalue weighted by Gasteiger charge is 2.03. The third-order valence-corrected chi connectivity index (χ3v) is 2.25. The summed E-state index contributed by atoms with van der Waals surface area (Å²) in [5.41, 5.74) is 7.13. The molecule has 88 valence electrons. The van der Waals surface area contributed by atoms with Gasteiger partial charge in [-0.2, -0.15) is 0 Å². The number of aliphatic hydroxyl groups excluding tert-OH is 1. The first-order valence-electron chi connectivity index (χ1n) is 5.37. The molecule has 0 aliphatic rings. The van der Waals surface area contributed by atoms with Gasteiger partial charge in [0.1, 0.15) is 0 Å². The van der Waals surface area contributed by atoms with Crippen molar-refractivity contribution in [3.63, 3.8) is 0 Å². The lowest BCUT2D eigenvalue weighted by Gasteiger charge is -2.07. The highest BCUT2D eigenvalue weighted by molar-refractivity contribution is 5.90. The van der Waals surface area contributed by atoms with Crippen LogP contribution in [0.2, 0.25) is 0 Å². The molecule has 1 rings (SSSR count). The van der Waals surface area contributed by atoms with Crippen LogP contribution >= 0.6 is 0 Å². The molecule has 0 bridgehead atoms. The van der Waals surface area contributed by atoms with Crippen LogP contribution in [-0.4, -0.2) is 17.1 Å². The van der Waals surface area contributed by atoms with Crippen LogP contribution in [0.5, 0.6) is 0 Å². The standard InChI is InChI=1S/C12H18N2O2/c1-9(13)2-7-12(16)14-11-5-3-10(8-15)4-6-11/h3-6,9,15H,2,7-8,13H2,1H3,(H,14,16). The van der Waals surface area contributed by atoms with E-state index in [2.05, 4.69) is 5.32 Å². The van der Waals surface area contributed by atoms with Crippen molar-refractivity contribution in [3.05, 3.63) is 29.8 Å². The van der Waals surface area contributed by atoms with E-state index in [1.54, 1.807) is 24.3 Å².